The first kappa shape index (κ1) is 15.5. The molecule has 1 aromatic carbocycles. The molecule has 8 nitrogen and oxygen atoms in total. The number of aromatic nitrogens is 5. The summed E-state index contributed by atoms with van der Waals surface area (Å²) in [7, 11) is 0. The van der Waals surface area contributed by atoms with Crippen molar-refractivity contribution in [3.63, 3.8) is 0 Å². The fraction of sp³-hybridized carbons (Fsp3) is 0.353. The van der Waals surface area contributed by atoms with Gasteiger partial charge < -0.3 is 9.42 Å². The van der Waals surface area contributed by atoms with E-state index in [2.05, 4.69) is 20.2 Å². The first-order valence-electron chi connectivity index (χ1n) is 8.17. The molecule has 1 aliphatic heterocycles. The molecule has 3 aromatic rings. The molecule has 0 N–H and O–H groups in total. The van der Waals surface area contributed by atoms with E-state index in [0.717, 1.165) is 17.7 Å². The highest BCUT2D eigenvalue weighted by molar-refractivity contribution is 5.95. The highest BCUT2D eigenvalue weighted by Crippen LogP contribution is 2.27. The minimum absolute atomic E-state index is 0.0203. The van der Waals surface area contributed by atoms with Crippen LogP contribution in [0.5, 0.6) is 0 Å². The molecule has 0 spiro atoms. The van der Waals surface area contributed by atoms with E-state index in [4.69, 9.17) is 4.52 Å². The number of carbonyl (C=O) groups excluding carboxylic acids is 1. The van der Waals surface area contributed by atoms with Gasteiger partial charge in [-0.1, -0.05) is 5.16 Å². The quantitative estimate of drug-likeness (QED) is 0.724. The Kier molecular flexibility index (Phi) is 3.79. The van der Waals surface area contributed by atoms with Gasteiger partial charge in [0.05, 0.1) is 11.6 Å². The lowest BCUT2D eigenvalue weighted by Gasteiger charge is -2.17. The summed E-state index contributed by atoms with van der Waals surface area (Å²) >= 11 is 0. The van der Waals surface area contributed by atoms with Crippen LogP contribution in [0, 0.1) is 13.8 Å². The predicted octanol–water partition coefficient (Wildman–Crippen LogP) is 1.90. The molecule has 1 aliphatic rings. The predicted molar refractivity (Wildman–Crippen MR) is 88.4 cm³/mol. The van der Waals surface area contributed by atoms with Gasteiger partial charge in [-0.2, -0.15) is 10.1 Å². The number of hydrogen-bond acceptors (Lipinski definition) is 6. The summed E-state index contributed by atoms with van der Waals surface area (Å²) in [6, 6.07) is 5.62. The Labute approximate surface area is 144 Å². The van der Waals surface area contributed by atoms with Gasteiger partial charge in [0.15, 0.2) is 5.82 Å². The Morgan fingerprint density at radius 3 is 2.88 bits per heavy atom. The lowest BCUT2D eigenvalue weighted by molar-refractivity contribution is 0.0789. The van der Waals surface area contributed by atoms with Crippen molar-refractivity contribution in [1.29, 1.82) is 0 Å². The standard InChI is InChI=1S/C17H18N6O2/c1-11-7-13(3-4-15(11)23-10-18-9-19-23)17(24)22-6-5-14(8-22)16-20-12(2)21-25-16/h3-4,7,9-10,14H,5-6,8H2,1-2H3. The maximum atomic E-state index is 12.8. The van der Waals surface area contributed by atoms with E-state index in [-0.39, 0.29) is 11.8 Å². The SMILES string of the molecule is Cc1noc(C2CCN(C(=O)c3ccc(-n4cncn4)c(C)c3)C2)n1. The molecule has 0 aliphatic carbocycles. The Hall–Kier alpha value is -3.03. The van der Waals surface area contributed by atoms with Crippen molar-refractivity contribution < 1.29 is 9.32 Å². The van der Waals surface area contributed by atoms with Crippen LogP contribution in [0.2, 0.25) is 0 Å². The average molecular weight is 338 g/mol. The van der Waals surface area contributed by atoms with Gasteiger partial charge in [0.1, 0.15) is 12.7 Å². The summed E-state index contributed by atoms with van der Waals surface area (Å²) in [6.45, 7) is 5.05. The maximum absolute atomic E-state index is 12.8. The van der Waals surface area contributed by atoms with Crippen molar-refractivity contribution in [1.82, 2.24) is 29.8 Å². The highest BCUT2D eigenvalue weighted by atomic mass is 16.5. The van der Waals surface area contributed by atoms with E-state index in [1.807, 2.05) is 30.0 Å². The van der Waals surface area contributed by atoms with Crippen molar-refractivity contribution in [3.05, 3.63) is 53.7 Å². The van der Waals surface area contributed by atoms with Crippen molar-refractivity contribution in [2.24, 2.45) is 0 Å². The molecule has 1 fully saturated rings. The van der Waals surface area contributed by atoms with E-state index < -0.39 is 0 Å². The number of carbonyl (C=O) groups is 1. The molecule has 128 valence electrons. The van der Waals surface area contributed by atoms with Gasteiger partial charge >= 0.3 is 0 Å². The maximum Gasteiger partial charge on any atom is 0.253 e. The number of rotatable bonds is 3. The number of nitrogens with zero attached hydrogens (tertiary/aromatic N) is 6. The van der Waals surface area contributed by atoms with Gasteiger partial charge in [-0.15, -0.1) is 0 Å². The van der Waals surface area contributed by atoms with Crippen LogP contribution in [0.15, 0.2) is 35.4 Å². The Bertz CT molecular complexity index is 902. The molecule has 8 heteroatoms. The molecule has 3 heterocycles. The van der Waals surface area contributed by atoms with E-state index in [1.54, 1.807) is 17.9 Å². The van der Waals surface area contributed by atoms with Gasteiger partial charge in [0.25, 0.3) is 5.91 Å². The van der Waals surface area contributed by atoms with Gasteiger partial charge in [0.2, 0.25) is 5.89 Å². The average Bonchev–Trinajstić information content (AvgIpc) is 3.35. The second-order valence-electron chi connectivity index (χ2n) is 6.26. The third-order valence-electron chi connectivity index (χ3n) is 4.48. The first-order chi connectivity index (χ1) is 12.1. The topological polar surface area (TPSA) is 89.9 Å². The number of likely N-dealkylation sites (tertiary alicyclic amines) is 1. The van der Waals surface area contributed by atoms with Crippen LogP contribution < -0.4 is 0 Å². The Morgan fingerprint density at radius 1 is 1.32 bits per heavy atom. The van der Waals surface area contributed by atoms with Crippen LogP contribution in [0.3, 0.4) is 0 Å². The monoisotopic (exact) mass is 338 g/mol. The fourth-order valence-corrected chi connectivity index (χ4v) is 3.19. The molecule has 1 amide bonds. The molecule has 0 bridgehead atoms. The molecule has 1 atom stereocenters. The van der Waals surface area contributed by atoms with Crippen LogP contribution in [-0.4, -0.2) is 48.8 Å². The normalized spacial score (nSPS) is 17.2. The summed E-state index contributed by atoms with van der Waals surface area (Å²) in [6.07, 6.45) is 3.97. The zero-order chi connectivity index (χ0) is 17.4. The van der Waals surface area contributed by atoms with Crippen molar-refractivity contribution in [2.75, 3.05) is 13.1 Å². The summed E-state index contributed by atoms with van der Waals surface area (Å²) in [4.78, 5) is 22.9. The zero-order valence-corrected chi connectivity index (χ0v) is 14.1. The third-order valence-corrected chi connectivity index (χ3v) is 4.48. The summed E-state index contributed by atoms with van der Waals surface area (Å²) in [5.74, 6) is 1.37. The van der Waals surface area contributed by atoms with Crippen molar-refractivity contribution in [2.45, 2.75) is 26.2 Å². The number of aryl methyl sites for hydroxylation is 2. The fourth-order valence-electron chi connectivity index (χ4n) is 3.19. The molecule has 2 aromatic heterocycles. The van der Waals surface area contributed by atoms with Gasteiger partial charge in [-0.3, -0.25) is 4.79 Å². The van der Waals surface area contributed by atoms with E-state index in [1.165, 1.54) is 6.33 Å². The van der Waals surface area contributed by atoms with E-state index >= 15 is 0 Å². The molecule has 1 saturated heterocycles. The smallest absolute Gasteiger partial charge is 0.253 e. The minimum atomic E-state index is 0.0203. The summed E-state index contributed by atoms with van der Waals surface area (Å²) in [5, 5.41) is 7.96. The third kappa shape index (κ3) is 2.90. The van der Waals surface area contributed by atoms with Crippen LogP contribution in [-0.2, 0) is 0 Å². The summed E-state index contributed by atoms with van der Waals surface area (Å²) < 4.78 is 6.93. The second kappa shape index (κ2) is 6.12. The molecular weight excluding hydrogens is 320 g/mol. The van der Waals surface area contributed by atoms with Gasteiger partial charge in [0, 0.05) is 18.7 Å². The highest BCUT2D eigenvalue weighted by Gasteiger charge is 2.31. The molecule has 25 heavy (non-hydrogen) atoms. The summed E-state index contributed by atoms with van der Waals surface area (Å²) in [5.41, 5.74) is 2.55. The zero-order valence-electron chi connectivity index (χ0n) is 14.1. The van der Waals surface area contributed by atoms with Gasteiger partial charge in [-0.25, -0.2) is 9.67 Å². The van der Waals surface area contributed by atoms with Crippen LogP contribution in [0.4, 0.5) is 0 Å². The van der Waals surface area contributed by atoms with E-state index in [9.17, 15) is 4.79 Å². The lowest BCUT2D eigenvalue weighted by atomic mass is 10.1. The van der Waals surface area contributed by atoms with Gasteiger partial charge in [-0.05, 0) is 44.0 Å². The molecule has 0 saturated carbocycles. The lowest BCUT2D eigenvalue weighted by Crippen LogP contribution is -2.28. The van der Waals surface area contributed by atoms with E-state index in [0.29, 0.717) is 30.4 Å². The molecule has 1 unspecified atom stereocenters. The first-order valence-corrected chi connectivity index (χ1v) is 8.17. The minimum Gasteiger partial charge on any atom is -0.339 e. The number of benzene rings is 1. The molecular formula is C17H18N6O2. The molecule has 4 rings (SSSR count). The second-order valence-corrected chi connectivity index (χ2v) is 6.26. The number of amides is 1. The van der Waals surface area contributed by atoms with Crippen LogP contribution in [0.25, 0.3) is 5.69 Å². The van der Waals surface area contributed by atoms with Crippen LogP contribution >= 0.6 is 0 Å². The number of hydrogen-bond donors (Lipinski definition) is 0. The Balaban J connectivity index is 1.51. The van der Waals surface area contributed by atoms with Crippen molar-refractivity contribution >= 4 is 5.91 Å². The van der Waals surface area contributed by atoms with Crippen LogP contribution in [0.1, 0.15) is 40.0 Å². The van der Waals surface area contributed by atoms with Crippen molar-refractivity contribution in [3.8, 4) is 5.69 Å². The largest absolute Gasteiger partial charge is 0.339 e. The molecule has 0 radical (unpaired) electrons. The Morgan fingerprint density at radius 2 is 2.20 bits per heavy atom.